The van der Waals surface area contributed by atoms with Crippen LogP contribution in [-0.2, 0) is 6.54 Å². The van der Waals surface area contributed by atoms with Gasteiger partial charge >= 0.3 is 0 Å². The van der Waals surface area contributed by atoms with Crippen molar-refractivity contribution in [3.05, 3.63) is 53.7 Å². The topological polar surface area (TPSA) is 53.1 Å². The number of ether oxygens (including phenoxy) is 1. The molecule has 0 aliphatic heterocycles. The maximum atomic E-state index is 5.87. The van der Waals surface area contributed by atoms with Gasteiger partial charge in [0.15, 0.2) is 0 Å². The Morgan fingerprint density at radius 3 is 3.00 bits per heavy atom. The van der Waals surface area contributed by atoms with Gasteiger partial charge in [-0.2, -0.15) is 0 Å². The molecule has 0 aliphatic carbocycles. The van der Waals surface area contributed by atoms with E-state index in [-0.39, 0.29) is 0 Å². The van der Waals surface area contributed by atoms with E-state index < -0.39 is 0 Å². The standard InChI is InChI=1S/C15H15N3OS/c1-19-13-5-4-12(16)9-11(13)10-18-7-6-17-15(18)14-3-2-8-20-14/h2-9H,10,16H2,1H3. The third kappa shape index (κ3) is 2.40. The van der Waals surface area contributed by atoms with Gasteiger partial charge in [-0.05, 0) is 29.6 Å². The molecule has 0 bridgehead atoms. The maximum absolute atomic E-state index is 5.87. The number of aromatic nitrogens is 2. The summed E-state index contributed by atoms with van der Waals surface area (Å²) in [6, 6.07) is 9.78. The molecule has 3 rings (SSSR count). The van der Waals surface area contributed by atoms with Crippen LogP contribution in [-0.4, -0.2) is 16.7 Å². The average molecular weight is 285 g/mol. The summed E-state index contributed by atoms with van der Waals surface area (Å²) in [5.41, 5.74) is 7.64. The molecule has 0 unspecified atom stereocenters. The van der Waals surface area contributed by atoms with Crippen molar-refractivity contribution in [2.75, 3.05) is 12.8 Å². The Bertz CT molecular complexity index is 704. The Hall–Kier alpha value is -2.27. The molecule has 20 heavy (non-hydrogen) atoms. The van der Waals surface area contributed by atoms with Crippen molar-refractivity contribution in [2.45, 2.75) is 6.54 Å². The summed E-state index contributed by atoms with van der Waals surface area (Å²) in [5, 5.41) is 2.05. The quantitative estimate of drug-likeness (QED) is 0.749. The third-order valence-electron chi connectivity index (χ3n) is 3.10. The van der Waals surface area contributed by atoms with E-state index in [0.29, 0.717) is 6.54 Å². The molecule has 0 atom stereocenters. The summed E-state index contributed by atoms with van der Waals surface area (Å²) in [6.45, 7) is 0.682. The molecule has 3 aromatic rings. The molecular weight excluding hydrogens is 270 g/mol. The molecule has 0 amide bonds. The lowest BCUT2D eigenvalue weighted by Crippen LogP contribution is -2.03. The van der Waals surface area contributed by atoms with Gasteiger partial charge in [0.05, 0.1) is 18.5 Å². The highest BCUT2D eigenvalue weighted by Crippen LogP contribution is 2.26. The average Bonchev–Trinajstić information content (AvgIpc) is 3.09. The predicted molar refractivity (Wildman–Crippen MR) is 82.0 cm³/mol. The fraction of sp³-hybridized carbons (Fsp3) is 0.133. The molecule has 2 aromatic heterocycles. The lowest BCUT2D eigenvalue weighted by molar-refractivity contribution is 0.408. The van der Waals surface area contributed by atoms with Gasteiger partial charge in [-0.15, -0.1) is 11.3 Å². The van der Waals surface area contributed by atoms with Gasteiger partial charge < -0.3 is 15.0 Å². The van der Waals surface area contributed by atoms with Crippen LogP contribution in [0.3, 0.4) is 0 Å². The van der Waals surface area contributed by atoms with E-state index in [9.17, 15) is 0 Å². The zero-order valence-corrected chi connectivity index (χ0v) is 11.9. The number of nitrogens with two attached hydrogens (primary N) is 1. The molecule has 102 valence electrons. The lowest BCUT2D eigenvalue weighted by Gasteiger charge is -2.11. The van der Waals surface area contributed by atoms with Crippen molar-refractivity contribution in [1.29, 1.82) is 0 Å². The van der Waals surface area contributed by atoms with E-state index >= 15 is 0 Å². The predicted octanol–water partition coefficient (Wildman–Crippen LogP) is 3.25. The monoisotopic (exact) mass is 285 g/mol. The van der Waals surface area contributed by atoms with Crippen LogP contribution in [0.2, 0.25) is 0 Å². The molecule has 0 fully saturated rings. The Balaban J connectivity index is 1.97. The van der Waals surface area contributed by atoms with Crippen LogP contribution in [0.4, 0.5) is 5.69 Å². The number of hydrogen-bond acceptors (Lipinski definition) is 4. The van der Waals surface area contributed by atoms with E-state index in [1.165, 1.54) is 0 Å². The highest BCUT2D eigenvalue weighted by Gasteiger charge is 2.10. The number of thiophene rings is 1. The van der Waals surface area contributed by atoms with Crippen molar-refractivity contribution in [1.82, 2.24) is 9.55 Å². The van der Waals surface area contributed by atoms with Crippen molar-refractivity contribution >= 4 is 17.0 Å². The van der Waals surface area contributed by atoms with Crippen LogP contribution in [0.15, 0.2) is 48.1 Å². The molecule has 5 heteroatoms. The van der Waals surface area contributed by atoms with Gasteiger partial charge in [0.25, 0.3) is 0 Å². The van der Waals surface area contributed by atoms with Crippen molar-refractivity contribution in [2.24, 2.45) is 0 Å². The molecule has 0 saturated heterocycles. The van der Waals surface area contributed by atoms with Crippen LogP contribution >= 0.6 is 11.3 Å². The second kappa shape index (κ2) is 5.38. The number of rotatable bonds is 4. The minimum atomic E-state index is 0.682. The smallest absolute Gasteiger partial charge is 0.150 e. The number of nitrogens with zero attached hydrogens (tertiary/aromatic N) is 2. The first-order chi connectivity index (χ1) is 9.78. The highest BCUT2D eigenvalue weighted by molar-refractivity contribution is 7.13. The molecule has 0 aliphatic rings. The summed E-state index contributed by atoms with van der Waals surface area (Å²) in [6.07, 6.45) is 3.78. The first kappa shape index (κ1) is 12.7. The number of anilines is 1. The number of hydrogen-bond donors (Lipinski definition) is 1. The zero-order valence-electron chi connectivity index (χ0n) is 11.1. The summed E-state index contributed by atoms with van der Waals surface area (Å²) < 4.78 is 7.49. The number of nitrogen functional groups attached to an aromatic ring is 1. The summed E-state index contributed by atoms with van der Waals surface area (Å²) in [5.74, 6) is 1.80. The Labute approximate surface area is 121 Å². The number of imidazole rings is 1. The fourth-order valence-electron chi connectivity index (χ4n) is 2.17. The first-order valence-electron chi connectivity index (χ1n) is 6.25. The van der Waals surface area contributed by atoms with Crippen molar-refractivity contribution < 1.29 is 4.74 Å². The number of methoxy groups -OCH3 is 1. The summed E-state index contributed by atoms with van der Waals surface area (Å²) >= 11 is 1.68. The van der Waals surface area contributed by atoms with Crippen LogP contribution in [0, 0.1) is 0 Å². The second-order valence-corrected chi connectivity index (χ2v) is 5.38. The molecule has 2 N–H and O–H groups in total. The largest absolute Gasteiger partial charge is 0.496 e. The van der Waals surface area contributed by atoms with E-state index in [1.807, 2.05) is 36.7 Å². The maximum Gasteiger partial charge on any atom is 0.150 e. The van der Waals surface area contributed by atoms with Gasteiger partial charge in [0.2, 0.25) is 0 Å². The fourth-order valence-corrected chi connectivity index (χ4v) is 2.91. The van der Waals surface area contributed by atoms with Gasteiger partial charge in [-0.3, -0.25) is 0 Å². The molecule has 1 aromatic carbocycles. The molecular formula is C15H15N3OS. The van der Waals surface area contributed by atoms with E-state index in [2.05, 4.69) is 21.0 Å². The van der Waals surface area contributed by atoms with Gasteiger partial charge in [-0.1, -0.05) is 6.07 Å². The lowest BCUT2D eigenvalue weighted by atomic mass is 10.1. The van der Waals surface area contributed by atoms with Gasteiger partial charge in [0.1, 0.15) is 11.6 Å². The minimum Gasteiger partial charge on any atom is -0.496 e. The number of benzene rings is 1. The van der Waals surface area contributed by atoms with Crippen molar-refractivity contribution in [3.8, 4) is 16.5 Å². The first-order valence-corrected chi connectivity index (χ1v) is 7.13. The van der Waals surface area contributed by atoms with Crippen molar-refractivity contribution in [3.63, 3.8) is 0 Å². The molecule has 4 nitrogen and oxygen atoms in total. The van der Waals surface area contributed by atoms with Crippen LogP contribution in [0.5, 0.6) is 5.75 Å². The van der Waals surface area contributed by atoms with E-state index in [0.717, 1.165) is 27.7 Å². The molecule has 2 heterocycles. The zero-order chi connectivity index (χ0) is 13.9. The normalized spacial score (nSPS) is 10.7. The summed E-state index contributed by atoms with van der Waals surface area (Å²) in [4.78, 5) is 5.58. The van der Waals surface area contributed by atoms with E-state index in [4.69, 9.17) is 10.5 Å². The SMILES string of the molecule is COc1ccc(N)cc1Cn1ccnc1-c1cccs1. The summed E-state index contributed by atoms with van der Waals surface area (Å²) in [7, 11) is 1.67. The van der Waals surface area contributed by atoms with E-state index in [1.54, 1.807) is 18.4 Å². The molecule has 0 spiro atoms. The minimum absolute atomic E-state index is 0.682. The Morgan fingerprint density at radius 2 is 2.25 bits per heavy atom. The van der Waals surface area contributed by atoms with Gasteiger partial charge in [-0.25, -0.2) is 4.98 Å². The van der Waals surface area contributed by atoms with Crippen LogP contribution in [0.25, 0.3) is 10.7 Å². The Morgan fingerprint density at radius 1 is 1.35 bits per heavy atom. The Kier molecular flexibility index (Phi) is 3.43. The van der Waals surface area contributed by atoms with Crippen LogP contribution < -0.4 is 10.5 Å². The highest BCUT2D eigenvalue weighted by atomic mass is 32.1. The van der Waals surface area contributed by atoms with Crippen LogP contribution in [0.1, 0.15) is 5.56 Å². The molecule has 0 radical (unpaired) electrons. The molecule has 0 saturated carbocycles. The third-order valence-corrected chi connectivity index (χ3v) is 3.97. The van der Waals surface area contributed by atoms with Gasteiger partial charge in [0, 0.05) is 23.6 Å². The second-order valence-electron chi connectivity index (χ2n) is 4.43.